The number of benzene rings is 1. The van der Waals surface area contributed by atoms with E-state index in [9.17, 15) is 4.79 Å². The molecule has 5 rings (SSSR count). The molecule has 1 fully saturated rings. The van der Waals surface area contributed by atoms with Gasteiger partial charge in [0.15, 0.2) is 0 Å². The number of ether oxygens (including phenoxy) is 1. The molecule has 3 aromatic heterocycles. The fourth-order valence-electron chi connectivity index (χ4n) is 5.00. The van der Waals surface area contributed by atoms with Gasteiger partial charge < -0.3 is 24.5 Å². The van der Waals surface area contributed by atoms with Gasteiger partial charge in [0.2, 0.25) is 5.91 Å². The molecule has 8 nitrogen and oxygen atoms in total. The van der Waals surface area contributed by atoms with E-state index in [1.807, 2.05) is 49.3 Å². The summed E-state index contributed by atoms with van der Waals surface area (Å²) in [5.74, 6) is 7.89. The lowest BCUT2D eigenvalue weighted by Crippen LogP contribution is -2.37. The predicted molar refractivity (Wildman–Crippen MR) is 137 cm³/mol. The zero-order chi connectivity index (χ0) is 24.7. The van der Waals surface area contributed by atoms with Crippen molar-refractivity contribution in [2.75, 3.05) is 26.0 Å². The van der Waals surface area contributed by atoms with Gasteiger partial charge >= 0.3 is 0 Å². The Bertz CT molecular complexity index is 1520. The quantitative estimate of drug-likeness (QED) is 0.367. The SMILES string of the molecule is C=CC(=O)N1C[C@@H](n2cc(C#Cc3ccc4c(c3)nc(C)n4C)c3c(N)nccc32)C[C@@H]1COC. The summed E-state index contributed by atoms with van der Waals surface area (Å²) >= 11 is 0. The molecule has 0 spiro atoms. The summed E-state index contributed by atoms with van der Waals surface area (Å²) in [5.41, 5.74) is 10.9. The number of amides is 1. The molecule has 4 aromatic rings. The van der Waals surface area contributed by atoms with E-state index in [-0.39, 0.29) is 18.0 Å². The number of aromatic nitrogens is 4. The predicted octanol–water partition coefficient (Wildman–Crippen LogP) is 3.19. The van der Waals surface area contributed by atoms with Crippen LogP contribution in [0.15, 0.2) is 49.3 Å². The molecule has 2 N–H and O–H groups in total. The van der Waals surface area contributed by atoms with Gasteiger partial charge in [-0.15, -0.1) is 0 Å². The highest BCUT2D eigenvalue weighted by Gasteiger charge is 2.35. The number of pyridine rings is 1. The van der Waals surface area contributed by atoms with Crippen molar-refractivity contribution in [1.29, 1.82) is 0 Å². The number of nitrogen functional groups attached to an aromatic ring is 1. The maximum absolute atomic E-state index is 12.5. The lowest BCUT2D eigenvalue weighted by atomic mass is 10.1. The van der Waals surface area contributed by atoms with Crippen molar-refractivity contribution in [1.82, 2.24) is 24.0 Å². The number of hydrogen-bond acceptors (Lipinski definition) is 5. The van der Waals surface area contributed by atoms with Gasteiger partial charge in [-0.2, -0.15) is 0 Å². The summed E-state index contributed by atoms with van der Waals surface area (Å²) in [5, 5.41) is 0.826. The highest BCUT2D eigenvalue weighted by atomic mass is 16.5. The Labute approximate surface area is 204 Å². The Kier molecular flexibility index (Phi) is 5.79. The average molecular weight is 469 g/mol. The number of anilines is 1. The molecule has 0 aliphatic carbocycles. The molecular formula is C27H28N6O2. The number of fused-ring (bicyclic) bond motifs is 2. The van der Waals surface area contributed by atoms with E-state index >= 15 is 0 Å². The fraction of sp³-hybridized carbons (Fsp3) is 0.296. The Morgan fingerprint density at radius 3 is 2.91 bits per heavy atom. The first-order chi connectivity index (χ1) is 16.9. The maximum atomic E-state index is 12.5. The summed E-state index contributed by atoms with van der Waals surface area (Å²) in [7, 11) is 3.66. The van der Waals surface area contributed by atoms with Gasteiger partial charge in [-0.05, 0) is 43.7 Å². The number of likely N-dealkylation sites (tertiary alicyclic amines) is 1. The molecule has 0 saturated carbocycles. The highest BCUT2D eigenvalue weighted by Crippen LogP contribution is 2.34. The Balaban J connectivity index is 1.54. The van der Waals surface area contributed by atoms with E-state index < -0.39 is 0 Å². The van der Waals surface area contributed by atoms with Crippen molar-refractivity contribution in [3.63, 3.8) is 0 Å². The van der Waals surface area contributed by atoms with E-state index in [4.69, 9.17) is 10.5 Å². The lowest BCUT2D eigenvalue weighted by Gasteiger charge is -2.22. The molecule has 0 radical (unpaired) electrons. The van der Waals surface area contributed by atoms with E-state index in [0.29, 0.717) is 19.0 Å². The van der Waals surface area contributed by atoms with Crippen LogP contribution in [0.5, 0.6) is 0 Å². The van der Waals surface area contributed by atoms with Crippen molar-refractivity contribution in [3.8, 4) is 11.8 Å². The Morgan fingerprint density at radius 2 is 2.14 bits per heavy atom. The Morgan fingerprint density at radius 1 is 1.31 bits per heavy atom. The average Bonchev–Trinajstić information content (AvgIpc) is 3.52. The van der Waals surface area contributed by atoms with Crippen LogP contribution in [-0.2, 0) is 16.6 Å². The molecule has 4 heterocycles. The minimum Gasteiger partial charge on any atom is -0.383 e. The summed E-state index contributed by atoms with van der Waals surface area (Å²) in [6.07, 6.45) is 5.85. The smallest absolute Gasteiger partial charge is 0.246 e. The van der Waals surface area contributed by atoms with Crippen molar-refractivity contribution in [2.45, 2.75) is 25.4 Å². The van der Waals surface area contributed by atoms with Gasteiger partial charge in [-0.25, -0.2) is 9.97 Å². The van der Waals surface area contributed by atoms with Gasteiger partial charge in [0.25, 0.3) is 0 Å². The molecule has 0 bridgehead atoms. The van der Waals surface area contributed by atoms with Gasteiger partial charge in [0.1, 0.15) is 11.6 Å². The molecule has 1 saturated heterocycles. The molecule has 35 heavy (non-hydrogen) atoms. The standard InChI is InChI=1S/C27H28N6O2/c1-5-25(34)33-15-20(13-21(33)16-35-4)32-14-19(26-24(32)10-11-29-27(26)28)8-6-18-7-9-23-22(12-18)30-17(2)31(23)3/h5,7,9-12,14,20-21H,1,13,15-16H2,2-4H3,(H2,28,29)/t20-,21+/m0/s1. The molecule has 8 heteroatoms. The van der Waals surface area contributed by atoms with Gasteiger partial charge in [0, 0.05) is 38.7 Å². The van der Waals surface area contributed by atoms with Gasteiger partial charge in [-0.1, -0.05) is 18.4 Å². The molecule has 178 valence electrons. The third-order valence-electron chi connectivity index (χ3n) is 6.82. The van der Waals surface area contributed by atoms with E-state index in [1.54, 1.807) is 13.3 Å². The number of hydrogen-bond donors (Lipinski definition) is 1. The normalized spacial score (nSPS) is 17.6. The van der Waals surface area contributed by atoms with Crippen LogP contribution in [0, 0.1) is 18.8 Å². The zero-order valence-corrected chi connectivity index (χ0v) is 20.2. The summed E-state index contributed by atoms with van der Waals surface area (Å²) in [6, 6.07) is 8.03. The number of aryl methyl sites for hydroxylation is 2. The van der Waals surface area contributed by atoms with Gasteiger partial charge in [-0.3, -0.25) is 4.79 Å². The van der Waals surface area contributed by atoms with E-state index in [0.717, 1.165) is 45.3 Å². The van der Waals surface area contributed by atoms with Crippen molar-refractivity contribution >= 4 is 33.7 Å². The molecule has 1 aromatic carbocycles. The molecule has 0 unspecified atom stereocenters. The number of methoxy groups -OCH3 is 1. The maximum Gasteiger partial charge on any atom is 0.246 e. The number of nitrogens with two attached hydrogens (primary N) is 1. The van der Waals surface area contributed by atoms with Crippen molar-refractivity contribution in [3.05, 3.63) is 66.3 Å². The van der Waals surface area contributed by atoms with Crippen LogP contribution in [-0.4, -0.2) is 56.2 Å². The Hall–Kier alpha value is -4.09. The second kappa shape index (κ2) is 8.93. The number of carbonyl (C=O) groups is 1. The number of nitrogens with zero attached hydrogens (tertiary/aromatic N) is 5. The first kappa shape index (κ1) is 22.7. The van der Waals surface area contributed by atoms with Crippen LogP contribution in [0.4, 0.5) is 5.82 Å². The minimum absolute atomic E-state index is 0.0183. The number of imidazole rings is 1. The molecule has 2 atom stereocenters. The lowest BCUT2D eigenvalue weighted by molar-refractivity contribution is -0.127. The van der Waals surface area contributed by atoms with E-state index in [2.05, 4.69) is 37.5 Å². The van der Waals surface area contributed by atoms with Crippen LogP contribution >= 0.6 is 0 Å². The fourth-order valence-corrected chi connectivity index (χ4v) is 5.00. The molecule has 1 amide bonds. The topological polar surface area (TPSA) is 91.2 Å². The summed E-state index contributed by atoms with van der Waals surface area (Å²) in [4.78, 5) is 23.2. The summed E-state index contributed by atoms with van der Waals surface area (Å²) in [6.45, 7) is 6.68. The second-order valence-electron chi connectivity index (χ2n) is 8.91. The van der Waals surface area contributed by atoms with Gasteiger partial charge in [0.05, 0.1) is 46.2 Å². The molecular weight excluding hydrogens is 440 g/mol. The monoisotopic (exact) mass is 468 g/mol. The van der Waals surface area contributed by atoms with Crippen molar-refractivity contribution in [2.24, 2.45) is 7.05 Å². The van der Waals surface area contributed by atoms with Crippen LogP contribution in [0.1, 0.15) is 29.4 Å². The number of rotatable bonds is 4. The second-order valence-corrected chi connectivity index (χ2v) is 8.91. The third kappa shape index (κ3) is 3.94. The summed E-state index contributed by atoms with van der Waals surface area (Å²) < 4.78 is 9.61. The third-order valence-corrected chi connectivity index (χ3v) is 6.82. The molecule has 1 aliphatic rings. The van der Waals surface area contributed by atoms with Crippen LogP contribution < -0.4 is 5.73 Å². The first-order valence-electron chi connectivity index (χ1n) is 11.5. The van der Waals surface area contributed by atoms with Crippen LogP contribution in [0.2, 0.25) is 0 Å². The number of carbonyl (C=O) groups excluding carboxylic acids is 1. The van der Waals surface area contributed by atoms with Crippen molar-refractivity contribution < 1.29 is 9.53 Å². The molecule has 1 aliphatic heterocycles. The van der Waals surface area contributed by atoms with E-state index in [1.165, 1.54) is 6.08 Å². The largest absolute Gasteiger partial charge is 0.383 e. The van der Waals surface area contributed by atoms with Crippen LogP contribution in [0.3, 0.4) is 0 Å². The van der Waals surface area contributed by atoms with Crippen LogP contribution in [0.25, 0.3) is 21.9 Å². The first-order valence-corrected chi connectivity index (χ1v) is 11.5. The highest BCUT2D eigenvalue weighted by molar-refractivity contribution is 5.95. The zero-order valence-electron chi connectivity index (χ0n) is 20.2. The minimum atomic E-state index is -0.0904.